The fourth-order valence-corrected chi connectivity index (χ4v) is 1.07. The summed E-state index contributed by atoms with van der Waals surface area (Å²) in [5.74, 6) is -3.69. The van der Waals surface area contributed by atoms with E-state index in [1.807, 2.05) is 0 Å². The van der Waals surface area contributed by atoms with E-state index in [2.05, 4.69) is 0 Å². The lowest BCUT2D eigenvalue weighted by Crippen LogP contribution is -1.99. The molecule has 0 aromatic heterocycles. The van der Waals surface area contributed by atoms with E-state index in [9.17, 15) is 13.2 Å². The Morgan fingerprint density at radius 3 is 2.46 bits per heavy atom. The molecule has 1 aromatic carbocycles. The molecule has 0 saturated heterocycles. The van der Waals surface area contributed by atoms with Gasteiger partial charge in [0.25, 0.3) is 0 Å². The second-order valence-electron chi connectivity index (χ2n) is 2.28. The van der Waals surface area contributed by atoms with E-state index in [-0.39, 0.29) is 0 Å². The molecule has 0 unspecified atom stereocenters. The summed E-state index contributed by atoms with van der Waals surface area (Å²) in [6.45, 7) is 0. The Hall–Kier alpha value is -1.21. The Bertz CT molecular complexity index is 358. The molecule has 0 atom stereocenters. The van der Waals surface area contributed by atoms with E-state index in [0.29, 0.717) is 6.07 Å². The van der Waals surface area contributed by atoms with Crippen molar-refractivity contribution in [2.45, 2.75) is 6.42 Å². The van der Waals surface area contributed by atoms with Crippen molar-refractivity contribution >= 4 is 11.6 Å². The minimum Gasteiger partial charge on any atom is -0.205 e. The molecule has 0 heterocycles. The lowest BCUT2D eigenvalue weighted by molar-refractivity contribution is 0.483. The van der Waals surface area contributed by atoms with Gasteiger partial charge in [-0.2, -0.15) is 5.26 Å². The molecule has 13 heavy (non-hydrogen) atoms. The Balaban J connectivity index is 3.39. The standard InChI is InChI=1S/C8H3ClF3N/c9-5-3-6(10)8(12)4(1-2-13)7(5)11/h3H,1H2. The van der Waals surface area contributed by atoms with E-state index >= 15 is 0 Å². The molecule has 68 valence electrons. The van der Waals surface area contributed by atoms with Crippen LogP contribution >= 0.6 is 11.6 Å². The van der Waals surface area contributed by atoms with Gasteiger partial charge >= 0.3 is 0 Å². The highest BCUT2D eigenvalue weighted by atomic mass is 35.5. The van der Waals surface area contributed by atoms with Gasteiger partial charge in [-0.3, -0.25) is 0 Å². The highest BCUT2D eigenvalue weighted by Crippen LogP contribution is 2.23. The van der Waals surface area contributed by atoms with Gasteiger partial charge in [-0.05, 0) is 6.07 Å². The Morgan fingerprint density at radius 1 is 1.31 bits per heavy atom. The second kappa shape index (κ2) is 3.67. The van der Waals surface area contributed by atoms with Crippen molar-refractivity contribution in [1.29, 1.82) is 5.26 Å². The van der Waals surface area contributed by atoms with Crippen LogP contribution in [0.5, 0.6) is 0 Å². The summed E-state index contributed by atoms with van der Waals surface area (Å²) in [6.07, 6.45) is -0.546. The Morgan fingerprint density at radius 2 is 1.92 bits per heavy atom. The van der Waals surface area contributed by atoms with Crippen LogP contribution in [0.1, 0.15) is 5.56 Å². The van der Waals surface area contributed by atoms with E-state index < -0.39 is 34.5 Å². The zero-order valence-electron chi connectivity index (χ0n) is 6.24. The highest BCUT2D eigenvalue weighted by Gasteiger charge is 2.16. The van der Waals surface area contributed by atoms with Crippen molar-refractivity contribution in [2.24, 2.45) is 0 Å². The topological polar surface area (TPSA) is 23.8 Å². The summed E-state index contributed by atoms with van der Waals surface area (Å²) in [5.41, 5.74) is -0.632. The number of hydrogen-bond donors (Lipinski definition) is 0. The maximum Gasteiger partial charge on any atom is 0.166 e. The first-order valence-corrected chi connectivity index (χ1v) is 3.64. The fourth-order valence-electron chi connectivity index (χ4n) is 0.857. The molecule has 0 N–H and O–H groups in total. The summed E-state index contributed by atoms with van der Waals surface area (Å²) < 4.78 is 38.4. The van der Waals surface area contributed by atoms with Crippen LogP contribution in [0.2, 0.25) is 5.02 Å². The molecule has 0 amide bonds. The van der Waals surface area contributed by atoms with Crippen LogP contribution in [0.4, 0.5) is 13.2 Å². The van der Waals surface area contributed by atoms with Gasteiger partial charge in [-0.1, -0.05) is 11.6 Å². The predicted molar refractivity (Wildman–Crippen MR) is 40.6 cm³/mol. The third-order valence-corrected chi connectivity index (χ3v) is 1.73. The number of hydrogen-bond acceptors (Lipinski definition) is 1. The number of halogens is 4. The SMILES string of the molecule is N#CCc1c(F)c(F)cc(Cl)c1F. The molecule has 0 aliphatic carbocycles. The van der Waals surface area contributed by atoms with Crippen LogP contribution in [0.3, 0.4) is 0 Å². The van der Waals surface area contributed by atoms with Crippen molar-refractivity contribution in [3.8, 4) is 6.07 Å². The van der Waals surface area contributed by atoms with Crippen LogP contribution in [-0.2, 0) is 6.42 Å². The number of benzene rings is 1. The van der Waals surface area contributed by atoms with Crippen molar-refractivity contribution < 1.29 is 13.2 Å². The maximum absolute atomic E-state index is 12.9. The van der Waals surface area contributed by atoms with E-state index in [4.69, 9.17) is 16.9 Å². The summed E-state index contributed by atoms with van der Waals surface area (Å²) in [7, 11) is 0. The van der Waals surface area contributed by atoms with E-state index in [0.717, 1.165) is 0 Å². The van der Waals surface area contributed by atoms with Crippen LogP contribution in [0.25, 0.3) is 0 Å². The number of nitrogens with zero attached hydrogens (tertiary/aromatic N) is 1. The number of nitriles is 1. The fraction of sp³-hybridized carbons (Fsp3) is 0.125. The molecule has 0 aliphatic heterocycles. The molecule has 1 nitrogen and oxygen atoms in total. The van der Waals surface area contributed by atoms with Crippen LogP contribution < -0.4 is 0 Å². The van der Waals surface area contributed by atoms with Crippen LogP contribution in [-0.4, -0.2) is 0 Å². The molecule has 0 fully saturated rings. The molecule has 0 spiro atoms. The minimum absolute atomic E-state index is 0.524. The van der Waals surface area contributed by atoms with Crippen molar-refractivity contribution in [3.63, 3.8) is 0 Å². The van der Waals surface area contributed by atoms with Crippen molar-refractivity contribution in [3.05, 3.63) is 34.1 Å². The van der Waals surface area contributed by atoms with Gasteiger partial charge < -0.3 is 0 Å². The first-order chi connectivity index (χ1) is 6.07. The van der Waals surface area contributed by atoms with Crippen LogP contribution in [0, 0.1) is 28.8 Å². The predicted octanol–water partition coefficient (Wildman–Crippen LogP) is 2.82. The second-order valence-corrected chi connectivity index (χ2v) is 2.69. The molecular formula is C8H3ClF3N. The van der Waals surface area contributed by atoms with Crippen molar-refractivity contribution in [2.75, 3.05) is 0 Å². The molecule has 1 rings (SSSR count). The van der Waals surface area contributed by atoms with Gasteiger partial charge in [0.1, 0.15) is 5.82 Å². The Kier molecular flexibility index (Phi) is 2.79. The molecule has 5 heteroatoms. The molecule has 0 aliphatic rings. The van der Waals surface area contributed by atoms with Gasteiger partial charge in [0.05, 0.1) is 17.5 Å². The van der Waals surface area contributed by atoms with Crippen LogP contribution in [0.15, 0.2) is 6.07 Å². The molecule has 1 aromatic rings. The quantitative estimate of drug-likeness (QED) is 0.647. The largest absolute Gasteiger partial charge is 0.205 e. The van der Waals surface area contributed by atoms with Gasteiger partial charge in [-0.15, -0.1) is 0 Å². The zero-order chi connectivity index (χ0) is 10.0. The Labute approximate surface area is 77.4 Å². The van der Waals surface area contributed by atoms with Gasteiger partial charge in [0.15, 0.2) is 11.6 Å². The average Bonchev–Trinajstić information content (AvgIpc) is 2.09. The zero-order valence-corrected chi connectivity index (χ0v) is 7.00. The highest BCUT2D eigenvalue weighted by molar-refractivity contribution is 6.30. The third kappa shape index (κ3) is 1.76. The molecule has 0 bridgehead atoms. The van der Waals surface area contributed by atoms with Gasteiger partial charge in [0.2, 0.25) is 0 Å². The summed E-state index contributed by atoms with van der Waals surface area (Å²) >= 11 is 5.24. The molecular weight excluding hydrogens is 203 g/mol. The maximum atomic E-state index is 12.9. The normalized spacial score (nSPS) is 9.77. The van der Waals surface area contributed by atoms with Crippen molar-refractivity contribution in [1.82, 2.24) is 0 Å². The van der Waals surface area contributed by atoms with Gasteiger partial charge in [-0.25, -0.2) is 13.2 Å². The smallest absolute Gasteiger partial charge is 0.166 e. The minimum atomic E-state index is -1.36. The first kappa shape index (κ1) is 9.87. The molecule has 0 saturated carbocycles. The summed E-state index contributed by atoms with van der Waals surface area (Å²) in [6, 6.07) is 2.05. The van der Waals surface area contributed by atoms with E-state index in [1.165, 1.54) is 6.07 Å². The monoisotopic (exact) mass is 205 g/mol. The number of rotatable bonds is 1. The summed E-state index contributed by atoms with van der Waals surface area (Å²) in [5, 5.41) is 7.68. The summed E-state index contributed by atoms with van der Waals surface area (Å²) in [4.78, 5) is 0. The molecule has 0 radical (unpaired) electrons. The van der Waals surface area contributed by atoms with E-state index in [1.54, 1.807) is 0 Å². The third-order valence-electron chi connectivity index (χ3n) is 1.46. The van der Waals surface area contributed by atoms with Gasteiger partial charge in [0, 0.05) is 5.56 Å². The lowest BCUT2D eigenvalue weighted by atomic mass is 10.1. The first-order valence-electron chi connectivity index (χ1n) is 3.26. The lowest BCUT2D eigenvalue weighted by Gasteiger charge is -2.02. The average molecular weight is 206 g/mol.